The highest BCUT2D eigenvalue weighted by Crippen LogP contribution is 2.35. The molecule has 3 aromatic carbocycles. The van der Waals surface area contributed by atoms with Gasteiger partial charge in [-0.25, -0.2) is 14.0 Å². The first-order valence-corrected chi connectivity index (χ1v) is 28.4. The number of amides is 6. The first-order chi connectivity index (χ1) is 39.8. The zero-order chi connectivity index (χ0) is 61.6. The van der Waals surface area contributed by atoms with E-state index in [-0.39, 0.29) is 75.1 Å². The smallest absolute Gasteiger partial charge is 0.330 e. The van der Waals surface area contributed by atoms with Gasteiger partial charge in [0.25, 0.3) is 11.8 Å². The van der Waals surface area contributed by atoms with Gasteiger partial charge in [0.1, 0.15) is 48.7 Å². The Balaban J connectivity index is 1.33. The lowest BCUT2D eigenvalue weighted by Gasteiger charge is -2.37. The number of halogens is 1. The number of nitrogens with one attached hydrogen (secondary N) is 1. The summed E-state index contributed by atoms with van der Waals surface area (Å²) in [4.78, 5) is 134. The first-order valence-electron chi connectivity index (χ1n) is 28.4. The minimum Gasteiger partial charge on any atom is -0.493 e. The molecule has 84 heavy (non-hydrogen) atoms. The Bertz CT molecular complexity index is 2910. The molecule has 0 aromatic heterocycles. The van der Waals surface area contributed by atoms with Crippen molar-refractivity contribution in [3.63, 3.8) is 0 Å². The van der Waals surface area contributed by atoms with E-state index in [2.05, 4.69) is 5.32 Å². The summed E-state index contributed by atoms with van der Waals surface area (Å²) >= 11 is 0. The molecule has 456 valence electrons. The van der Waals surface area contributed by atoms with Gasteiger partial charge in [0.05, 0.1) is 31.8 Å². The number of carbonyl (C=O) groups excluding carboxylic acids is 9. The molecule has 3 aliphatic rings. The summed E-state index contributed by atoms with van der Waals surface area (Å²) in [5.74, 6) is -6.83. The van der Waals surface area contributed by atoms with Crippen LogP contribution in [0, 0.1) is 11.2 Å². The molecule has 2 bridgehead atoms. The van der Waals surface area contributed by atoms with Crippen molar-refractivity contribution in [1.82, 2.24) is 29.8 Å². The summed E-state index contributed by atoms with van der Waals surface area (Å²) in [5.41, 5.74) is -1.00. The standard InChI is InChI=1S/C62H81FN6O15/c1-39-55(73)64-52(41-21-13-12-14-22-41)58(76)67(9)47(36-83-61(2,3)4)57(75)68-32-20-26-45(68)56(74)65(7)30-17-16-27-51(71)82-38-62(5,6)54(72)59(77)69-31-18-15-25-46(69)60(78)84-48(29-28-40-33-44(63)53(80-11)49(34-40)79-10)42-23-19-24-43(35-42)81-37-50(70)66(39)8/h12-14,16,19,21-24,27,33-35,39,45-48,52H,15,17-18,20,25-26,28-32,36-38H2,1-11H3,(H,64,73)/b27-16-/t39-,45-,46-,47-,48+,52?/m0/s1. The lowest BCUT2D eigenvalue weighted by Crippen LogP contribution is -2.58. The monoisotopic (exact) mass is 1170 g/mol. The molecule has 0 radical (unpaired) electrons. The molecule has 0 aliphatic carbocycles. The third kappa shape index (κ3) is 16.7. The maximum absolute atomic E-state index is 15.2. The first kappa shape index (κ1) is 65.3. The Labute approximate surface area is 491 Å². The highest BCUT2D eigenvalue weighted by Gasteiger charge is 2.45. The van der Waals surface area contributed by atoms with Gasteiger partial charge in [0.15, 0.2) is 23.9 Å². The number of ketones is 1. The number of Topliss-reactive ketones (excluding diaryl/α,β-unsaturated/α-hetero) is 1. The Morgan fingerprint density at radius 2 is 1.44 bits per heavy atom. The Morgan fingerprint density at radius 1 is 0.750 bits per heavy atom. The minimum atomic E-state index is -1.53. The van der Waals surface area contributed by atoms with Crippen LogP contribution in [0.25, 0.3) is 0 Å². The van der Waals surface area contributed by atoms with E-state index in [1.165, 1.54) is 80.8 Å². The molecule has 0 spiro atoms. The van der Waals surface area contributed by atoms with E-state index in [1.807, 2.05) is 0 Å². The molecule has 3 heterocycles. The SMILES string of the molecule is COc1cc(CC[C@H]2OC(=O)[C@@H]3CCCCN3C(=O)C(=O)C(C)(C)COC(=O)/C=C\CCN(C)C(=O)[C@@H]3CCCN3C(=O)[C@H](COC(C)(C)C)N(C)C(=O)C(c3ccccc3)NC(=O)[C@H](C)N(C)C(=O)COc3cccc2c3)cc(F)c1OC. The van der Waals surface area contributed by atoms with Crippen LogP contribution in [0.3, 0.4) is 0 Å². The fourth-order valence-electron chi connectivity index (χ4n) is 10.1. The van der Waals surface area contributed by atoms with Crippen molar-refractivity contribution < 1.29 is 76.0 Å². The summed E-state index contributed by atoms with van der Waals surface area (Å²) in [6.45, 7) is 8.92. The van der Waals surface area contributed by atoms with Crippen LogP contribution < -0.4 is 19.5 Å². The second-order valence-corrected chi connectivity index (χ2v) is 23.0. The van der Waals surface area contributed by atoms with Crippen molar-refractivity contribution in [2.24, 2.45) is 5.41 Å². The van der Waals surface area contributed by atoms with Crippen molar-refractivity contribution in [3.05, 3.63) is 101 Å². The zero-order valence-corrected chi connectivity index (χ0v) is 50.1. The van der Waals surface area contributed by atoms with E-state index in [0.29, 0.717) is 42.4 Å². The lowest BCUT2D eigenvalue weighted by atomic mass is 9.87. The zero-order valence-electron chi connectivity index (χ0n) is 50.1. The summed E-state index contributed by atoms with van der Waals surface area (Å²) in [6, 6.07) is 11.9. The largest absolute Gasteiger partial charge is 0.493 e. The van der Waals surface area contributed by atoms with Gasteiger partial charge >= 0.3 is 11.9 Å². The van der Waals surface area contributed by atoms with E-state index >= 15 is 4.39 Å². The molecule has 22 heteroatoms. The second-order valence-electron chi connectivity index (χ2n) is 23.0. The van der Waals surface area contributed by atoms with Gasteiger partial charge in [0, 0.05) is 46.9 Å². The third-order valence-electron chi connectivity index (χ3n) is 15.3. The molecule has 6 atom stereocenters. The fraction of sp³-hybridized carbons (Fsp3) is 0.532. The molecule has 6 rings (SSSR count). The number of carbonyl (C=O) groups is 9. The highest BCUT2D eigenvalue weighted by molar-refractivity contribution is 6.38. The maximum atomic E-state index is 15.2. The number of nitrogens with zero attached hydrogens (tertiary/aromatic N) is 5. The van der Waals surface area contributed by atoms with Crippen LogP contribution in [0.1, 0.15) is 115 Å². The molecule has 2 fully saturated rings. The van der Waals surface area contributed by atoms with Crippen LogP contribution in [0.2, 0.25) is 0 Å². The van der Waals surface area contributed by atoms with E-state index < -0.39 is 114 Å². The fourth-order valence-corrected chi connectivity index (χ4v) is 10.1. The van der Waals surface area contributed by atoms with Crippen molar-refractivity contribution >= 4 is 53.2 Å². The predicted octanol–water partition coefficient (Wildman–Crippen LogP) is 5.71. The van der Waals surface area contributed by atoms with Gasteiger partial charge < -0.3 is 58.2 Å². The van der Waals surface area contributed by atoms with Crippen LogP contribution in [0.15, 0.2) is 78.9 Å². The van der Waals surface area contributed by atoms with Crippen LogP contribution in [-0.2, 0) is 63.8 Å². The quantitative estimate of drug-likeness (QED) is 0.210. The molecule has 3 aliphatic heterocycles. The van der Waals surface area contributed by atoms with Crippen molar-refractivity contribution in [1.29, 1.82) is 0 Å². The predicted molar refractivity (Wildman–Crippen MR) is 306 cm³/mol. The van der Waals surface area contributed by atoms with Crippen molar-refractivity contribution in [3.8, 4) is 17.2 Å². The Hall–Kier alpha value is -7.88. The van der Waals surface area contributed by atoms with Crippen LogP contribution >= 0.6 is 0 Å². The summed E-state index contributed by atoms with van der Waals surface area (Å²) < 4.78 is 49.7. The molecular formula is C62H81FN6O15. The van der Waals surface area contributed by atoms with E-state index in [0.717, 1.165) is 11.0 Å². The average molecular weight is 1170 g/mol. The second kappa shape index (κ2) is 29.1. The maximum Gasteiger partial charge on any atom is 0.330 e. The number of rotatable bonds is 8. The van der Waals surface area contributed by atoms with Gasteiger partial charge in [-0.2, -0.15) is 0 Å². The Kier molecular flexibility index (Phi) is 22.6. The van der Waals surface area contributed by atoms with Crippen LogP contribution in [-0.4, -0.2) is 182 Å². The number of hydrogen-bond acceptors (Lipinski definition) is 15. The number of ether oxygens (including phenoxy) is 6. The molecule has 0 saturated carbocycles. The molecule has 2 saturated heterocycles. The van der Waals surface area contributed by atoms with Gasteiger partial charge in [-0.05, 0) is 134 Å². The summed E-state index contributed by atoms with van der Waals surface area (Å²) in [7, 11) is 7.10. The molecule has 1 unspecified atom stereocenters. The van der Waals surface area contributed by atoms with Gasteiger partial charge in [-0.15, -0.1) is 0 Å². The van der Waals surface area contributed by atoms with E-state index in [9.17, 15) is 43.2 Å². The van der Waals surface area contributed by atoms with E-state index in [1.54, 1.807) is 88.5 Å². The molecular weight excluding hydrogens is 1090 g/mol. The third-order valence-corrected chi connectivity index (χ3v) is 15.3. The molecule has 6 amide bonds. The number of likely N-dealkylation sites (N-methyl/N-ethyl adjacent to an activating group) is 3. The number of benzene rings is 3. The number of methoxy groups -OCH3 is 2. The van der Waals surface area contributed by atoms with Crippen LogP contribution in [0.5, 0.6) is 17.2 Å². The lowest BCUT2D eigenvalue weighted by molar-refractivity contribution is -0.165. The Morgan fingerprint density at radius 3 is 2.13 bits per heavy atom. The average Bonchev–Trinajstić information content (AvgIpc) is 4.17. The van der Waals surface area contributed by atoms with Crippen molar-refractivity contribution in [2.45, 2.75) is 135 Å². The number of fused-ring (bicyclic) bond motifs is 4. The van der Waals surface area contributed by atoms with Gasteiger partial charge in [-0.1, -0.05) is 48.5 Å². The van der Waals surface area contributed by atoms with Gasteiger partial charge in [-0.3, -0.25) is 33.6 Å². The van der Waals surface area contributed by atoms with Crippen LogP contribution in [0.4, 0.5) is 4.39 Å². The number of cyclic esters (lactones) is 2. The summed E-state index contributed by atoms with van der Waals surface area (Å²) in [6.07, 6.45) is 4.06. The van der Waals surface area contributed by atoms with E-state index in [4.69, 9.17) is 28.4 Å². The van der Waals surface area contributed by atoms with Gasteiger partial charge in [0.2, 0.25) is 29.4 Å². The number of hydrogen-bond donors (Lipinski definition) is 1. The highest BCUT2D eigenvalue weighted by atomic mass is 19.1. The molecule has 3 aromatic rings. The van der Waals surface area contributed by atoms with Crippen molar-refractivity contribution in [2.75, 3.05) is 74.8 Å². The summed E-state index contributed by atoms with van der Waals surface area (Å²) in [5, 5.41) is 2.82. The normalized spacial score (nSPS) is 24.0. The molecule has 21 nitrogen and oxygen atoms in total. The topological polar surface area (TPSA) is 237 Å². The number of esters is 2. The number of piperidine rings is 1. The molecule has 1 N–H and O–H groups in total. The number of aryl methyl sites for hydroxylation is 1. The minimum absolute atomic E-state index is 0.0621.